The molecule has 1 fully saturated rings. The summed E-state index contributed by atoms with van der Waals surface area (Å²) in [6.07, 6.45) is 1.09. The van der Waals surface area contributed by atoms with Crippen LogP contribution in [0, 0.1) is 5.92 Å². The van der Waals surface area contributed by atoms with Gasteiger partial charge in [0.2, 0.25) is 0 Å². The van der Waals surface area contributed by atoms with E-state index in [0.717, 1.165) is 57.4 Å². The summed E-state index contributed by atoms with van der Waals surface area (Å²) in [4.78, 5) is 11.9. The lowest BCUT2D eigenvalue weighted by molar-refractivity contribution is -0.0261. The van der Waals surface area contributed by atoms with Crippen LogP contribution in [0.2, 0.25) is 0 Å². The Kier molecular flexibility index (Phi) is 9.51. The van der Waals surface area contributed by atoms with Crippen LogP contribution >= 0.6 is 11.3 Å². The first-order chi connectivity index (χ1) is 13.0. The Balaban J connectivity index is 1.79. The highest BCUT2D eigenvalue weighted by Crippen LogP contribution is 2.19. The molecule has 0 aromatic carbocycles. The third-order valence-corrected chi connectivity index (χ3v) is 5.57. The van der Waals surface area contributed by atoms with Crippen molar-refractivity contribution in [2.24, 2.45) is 10.9 Å². The third kappa shape index (κ3) is 8.15. The Bertz CT molecular complexity index is 572. The summed E-state index contributed by atoms with van der Waals surface area (Å²) in [5.74, 6) is 2.05. The van der Waals surface area contributed by atoms with Gasteiger partial charge in [-0.1, -0.05) is 27.7 Å². The maximum atomic E-state index is 5.90. The van der Waals surface area contributed by atoms with Crippen LogP contribution in [0.4, 0.5) is 0 Å². The molecule has 0 radical (unpaired) electrons. The zero-order valence-electron chi connectivity index (χ0n) is 17.6. The Morgan fingerprint density at radius 2 is 2.19 bits per heavy atom. The van der Waals surface area contributed by atoms with Gasteiger partial charge in [-0.3, -0.25) is 9.89 Å². The van der Waals surface area contributed by atoms with Crippen molar-refractivity contribution in [2.75, 3.05) is 45.9 Å². The maximum Gasteiger partial charge on any atom is 0.191 e. The van der Waals surface area contributed by atoms with Crippen LogP contribution in [-0.4, -0.2) is 67.8 Å². The molecule has 7 heteroatoms. The molecule has 0 bridgehead atoms. The topological polar surface area (TPSA) is 61.8 Å². The first-order valence-corrected chi connectivity index (χ1v) is 11.2. The summed E-state index contributed by atoms with van der Waals surface area (Å²) in [6, 6.07) is 0. The molecule has 2 rings (SSSR count). The molecule has 2 heterocycles. The predicted octanol–water partition coefficient (Wildman–Crippen LogP) is 2.72. The van der Waals surface area contributed by atoms with E-state index in [-0.39, 0.29) is 6.10 Å². The normalized spacial score (nSPS) is 19.1. The van der Waals surface area contributed by atoms with Gasteiger partial charge in [-0.05, 0) is 12.8 Å². The van der Waals surface area contributed by atoms with E-state index in [9.17, 15) is 0 Å². The largest absolute Gasteiger partial charge is 0.374 e. The van der Waals surface area contributed by atoms with Gasteiger partial charge < -0.3 is 15.4 Å². The Labute approximate surface area is 168 Å². The van der Waals surface area contributed by atoms with Crippen molar-refractivity contribution in [3.8, 4) is 0 Å². The molecular weight excluding hydrogens is 358 g/mol. The fourth-order valence-electron chi connectivity index (χ4n) is 3.12. The number of hydrogen-bond donors (Lipinski definition) is 2. The van der Waals surface area contributed by atoms with E-state index in [2.05, 4.69) is 55.5 Å². The average Bonchev–Trinajstić information content (AvgIpc) is 3.09. The SMILES string of the molecule is CCNC(=NCC1CN(CC(C)C)CCO1)NCCc1csc(C(C)C)n1. The fraction of sp³-hybridized carbons (Fsp3) is 0.800. The van der Waals surface area contributed by atoms with Gasteiger partial charge in [-0.15, -0.1) is 11.3 Å². The number of aliphatic imine (C=N–C) groups is 1. The minimum absolute atomic E-state index is 0.181. The Morgan fingerprint density at radius 3 is 2.85 bits per heavy atom. The molecule has 0 aliphatic carbocycles. The van der Waals surface area contributed by atoms with E-state index in [4.69, 9.17) is 14.7 Å². The first-order valence-electron chi connectivity index (χ1n) is 10.3. The average molecular weight is 396 g/mol. The van der Waals surface area contributed by atoms with E-state index in [1.165, 1.54) is 5.01 Å². The monoisotopic (exact) mass is 395 g/mol. The van der Waals surface area contributed by atoms with E-state index < -0.39 is 0 Å². The number of nitrogens with one attached hydrogen (secondary N) is 2. The summed E-state index contributed by atoms with van der Waals surface area (Å²) >= 11 is 1.75. The van der Waals surface area contributed by atoms with Crippen LogP contribution in [0.5, 0.6) is 0 Å². The molecule has 1 atom stereocenters. The van der Waals surface area contributed by atoms with Gasteiger partial charge in [0.15, 0.2) is 5.96 Å². The summed E-state index contributed by atoms with van der Waals surface area (Å²) in [6.45, 7) is 17.3. The molecule has 2 N–H and O–H groups in total. The van der Waals surface area contributed by atoms with Crippen molar-refractivity contribution in [3.05, 3.63) is 16.1 Å². The molecule has 1 aromatic heterocycles. The fourth-order valence-corrected chi connectivity index (χ4v) is 3.99. The van der Waals surface area contributed by atoms with Gasteiger partial charge in [-0.2, -0.15) is 0 Å². The zero-order chi connectivity index (χ0) is 19.6. The zero-order valence-corrected chi connectivity index (χ0v) is 18.4. The number of guanidine groups is 1. The summed E-state index contributed by atoms with van der Waals surface area (Å²) in [7, 11) is 0. The first kappa shape index (κ1) is 22.1. The van der Waals surface area contributed by atoms with E-state index in [1.807, 2.05) is 0 Å². The van der Waals surface area contributed by atoms with Gasteiger partial charge >= 0.3 is 0 Å². The number of hydrogen-bond acceptors (Lipinski definition) is 5. The molecule has 0 amide bonds. The number of morpholine rings is 1. The van der Waals surface area contributed by atoms with Gasteiger partial charge in [0, 0.05) is 50.4 Å². The highest BCUT2D eigenvalue weighted by atomic mass is 32.1. The van der Waals surface area contributed by atoms with Crippen molar-refractivity contribution >= 4 is 17.3 Å². The van der Waals surface area contributed by atoms with Gasteiger partial charge in [0.25, 0.3) is 0 Å². The van der Waals surface area contributed by atoms with Gasteiger partial charge in [0.1, 0.15) is 0 Å². The van der Waals surface area contributed by atoms with Crippen LogP contribution in [0.1, 0.15) is 51.2 Å². The van der Waals surface area contributed by atoms with E-state index in [1.54, 1.807) is 11.3 Å². The number of nitrogens with zero attached hydrogens (tertiary/aromatic N) is 3. The minimum atomic E-state index is 0.181. The lowest BCUT2D eigenvalue weighted by atomic mass is 10.2. The van der Waals surface area contributed by atoms with Gasteiger partial charge in [0.05, 0.1) is 30.0 Å². The van der Waals surface area contributed by atoms with Crippen molar-refractivity contribution in [3.63, 3.8) is 0 Å². The molecule has 6 nitrogen and oxygen atoms in total. The van der Waals surface area contributed by atoms with Crippen molar-refractivity contribution in [1.82, 2.24) is 20.5 Å². The molecule has 0 saturated carbocycles. The summed E-state index contributed by atoms with van der Waals surface area (Å²) in [5, 5.41) is 10.1. The molecule has 27 heavy (non-hydrogen) atoms. The smallest absolute Gasteiger partial charge is 0.191 e. The minimum Gasteiger partial charge on any atom is -0.374 e. The summed E-state index contributed by atoms with van der Waals surface area (Å²) < 4.78 is 5.90. The lowest BCUT2D eigenvalue weighted by Gasteiger charge is -2.33. The number of aromatic nitrogens is 1. The second-order valence-electron chi connectivity index (χ2n) is 7.87. The van der Waals surface area contributed by atoms with E-state index >= 15 is 0 Å². The quantitative estimate of drug-likeness (QED) is 0.497. The summed E-state index contributed by atoms with van der Waals surface area (Å²) in [5.41, 5.74) is 1.16. The van der Waals surface area contributed by atoms with Crippen LogP contribution in [0.25, 0.3) is 0 Å². The molecule has 1 saturated heterocycles. The van der Waals surface area contributed by atoms with Crippen molar-refractivity contribution < 1.29 is 4.74 Å². The molecular formula is C20H37N5OS. The molecule has 1 unspecified atom stereocenters. The second-order valence-corrected chi connectivity index (χ2v) is 8.76. The molecule has 1 aliphatic rings. The standard InChI is InChI=1S/C20H37N5OS/c1-6-21-20(22-8-7-17-14-27-19(24-17)16(4)5)23-11-18-13-25(9-10-26-18)12-15(2)3/h14-16,18H,6-13H2,1-5H3,(H2,21,22,23). The number of ether oxygens (including phenoxy) is 1. The molecule has 0 spiro atoms. The molecule has 1 aromatic rings. The second kappa shape index (κ2) is 11.6. The highest BCUT2D eigenvalue weighted by Gasteiger charge is 2.20. The van der Waals surface area contributed by atoms with Crippen LogP contribution < -0.4 is 10.6 Å². The predicted molar refractivity (Wildman–Crippen MR) is 115 cm³/mol. The number of thiazole rings is 1. The Morgan fingerprint density at radius 1 is 1.37 bits per heavy atom. The van der Waals surface area contributed by atoms with Crippen molar-refractivity contribution in [1.29, 1.82) is 0 Å². The highest BCUT2D eigenvalue weighted by molar-refractivity contribution is 7.09. The van der Waals surface area contributed by atoms with Gasteiger partial charge in [-0.25, -0.2) is 4.98 Å². The van der Waals surface area contributed by atoms with Crippen LogP contribution in [-0.2, 0) is 11.2 Å². The number of rotatable bonds is 9. The van der Waals surface area contributed by atoms with Crippen LogP contribution in [0.15, 0.2) is 10.4 Å². The third-order valence-electron chi connectivity index (χ3n) is 4.38. The Hall–Kier alpha value is -1.18. The molecule has 1 aliphatic heterocycles. The lowest BCUT2D eigenvalue weighted by Crippen LogP contribution is -2.46. The van der Waals surface area contributed by atoms with Crippen molar-refractivity contribution in [2.45, 2.75) is 53.1 Å². The maximum absolute atomic E-state index is 5.90. The van der Waals surface area contributed by atoms with Crippen LogP contribution in [0.3, 0.4) is 0 Å². The van der Waals surface area contributed by atoms with E-state index in [0.29, 0.717) is 18.4 Å². The molecule has 154 valence electrons.